The first-order chi connectivity index (χ1) is 6.59. The van der Waals surface area contributed by atoms with Crippen LogP contribution >= 0.6 is 34.2 Å². The predicted molar refractivity (Wildman–Crippen MR) is 65.9 cm³/mol. The largest absolute Gasteiger partial charge is 0.312 e. The zero-order valence-electron chi connectivity index (χ0n) is 7.68. The maximum atomic E-state index is 11.3. The highest BCUT2D eigenvalue weighted by atomic mass is 127. The highest BCUT2D eigenvalue weighted by Crippen LogP contribution is 2.33. The number of nitrogens with zero attached hydrogens (tertiary/aromatic N) is 1. The average Bonchev–Trinajstić information content (AvgIpc) is 2.48. The fourth-order valence-electron chi connectivity index (χ4n) is 1.71. The SMILES string of the molecule is CC(=O)N1CCc2cc(I)c(Cl)cc21. The molecule has 1 heterocycles. The second-order valence-electron chi connectivity index (χ2n) is 3.32. The Morgan fingerprint density at radius 2 is 2.29 bits per heavy atom. The van der Waals surface area contributed by atoms with E-state index in [1.165, 1.54) is 5.56 Å². The zero-order valence-corrected chi connectivity index (χ0v) is 10.6. The van der Waals surface area contributed by atoms with Crippen molar-refractivity contribution in [1.29, 1.82) is 0 Å². The van der Waals surface area contributed by atoms with Gasteiger partial charge in [0.25, 0.3) is 0 Å². The van der Waals surface area contributed by atoms with Crippen LogP contribution in [0.25, 0.3) is 0 Å². The lowest BCUT2D eigenvalue weighted by Crippen LogP contribution is -2.25. The molecule has 0 aliphatic carbocycles. The van der Waals surface area contributed by atoms with E-state index in [-0.39, 0.29) is 5.91 Å². The highest BCUT2D eigenvalue weighted by molar-refractivity contribution is 14.1. The lowest BCUT2D eigenvalue weighted by molar-refractivity contribution is -0.116. The molecule has 0 N–H and O–H groups in total. The van der Waals surface area contributed by atoms with Crippen molar-refractivity contribution in [3.63, 3.8) is 0 Å². The standard InChI is InChI=1S/C10H9ClINO/c1-6(14)13-3-2-7-4-9(12)8(11)5-10(7)13/h4-5H,2-3H2,1H3. The van der Waals surface area contributed by atoms with Gasteiger partial charge in [-0.25, -0.2) is 0 Å². The van der Waals surface area contributed by atoms with Gasteiger partial charge >= 0.3 is 0 Å². The number of carbonyl (C=O) groups is 1. The summed E-state index contributed by atoms with van der Waals surface area (Å²) in [6.07, 6.45) is 0.933. The summed E-state index contributed by atoms with van der Waals surface area (Å²) in [6.45, 7) is 2.36. The Bertz CT molecular complexity index is 405. The smallest absolute Gasteiger partial charge is 0.223 e. The van der Waals surface area contributed by atoms with Gasteiger partial charge < -0.3 is 4.90 Å². The van der Waals surface area contributed by atoms with E-state index in [4.69, 9.17) is 11.6 Å². The molecule has 2 nitrogen and oxygen atoms in total. The fourth-order valence-corrected chi connectivity index (χ4v) is 2.40. The van der Waals surface area contributed by atoms with Gasteiger partial charge in [0.05, 0.1) is 5.02 Å². The summed E-state index contributed by atoms with van der Waals surface area (Å²) in [7, 11) is 0. The molecule has 0 radical (unpaired) electrons. The number of rotatable bonds is 0. The summed E-state index contributed by atoms with van der Waals surface area (Å²) >= 11 is 8.22. The van der Waals surface area contributed by atoms with E-state index in [1.54, 1.807) is 11.8 Å². The normalized spacial score (nSPS) is 14.4. The molecule has 1 aliphatic rings. The third-order valence-corrected chi connectivity index (χ3v) is 3.92. The number of benzene rings is 1. The maximum Gasteiger partial charge on any atom is 0.223 e. The van der Waals surface area contributed by atoms with E-state index >= 15 is 0 Å². The predicted octanol–water partition coefficient (Wildman–Crippen LogP) is 2.85. The molecular weight excluding hydrogens is 312 g/mol. The van der Waals surface area contributed by atoms with Crippen LogP contribution in [0.5, 0.6) is 0 Å². The minimum atomic E-state index is 0.0843. The molecule has 0 spiro atoms. The van der Waals surface area contributed by atoms with Crippen molar-refractivity contribution >= 4 is 45.8 Å². The molecule has 0 bridgehead atoms. The van der Waals surface area contributed by atoms with Crippen LogP contribution in [0.3, 0.4) is 0 Å². The monoisotopic (exact) mass is 321 g/mol. The van der Waals surface area contributed by atoms with Gasteiger partial charge in [-0.2, -0.15) is 0 Å². The number of halogens is 2. The Labute approximate surface area is 101 Å². The molecule has 4 heteroatoms. The van der Waals surface area contributed by atoms with E-state index in [9.17, 15) is 4.79 Å². The summed E-state index contributed by atoms with van der Waals surface area (Å²) in [5.74, 6) is 0.0843. The molecule has 1 aliphatic heterocycles. The highest BCUT2D eigenvalue weighted by Gasteiger charge is 2.23. The van der Waals surface area contributed by atoms with Gasteiger partial charge in [0.2, 0.25) is 5.91 Å². The van der Waals surface area contributed by atoms with Crippen molar-refractivity contribution in [2.45, 2.75) is 13.3 Å². The van der Waals surface area contributed by atoms with E-state index in [1.807, 2.05) is 6.07 Å². The summed E-state index contributed by atoms with van der Waals surface area (Å²) in [5.41, 5.74) is 2.19. The third kappa shape index (κ3) is 1.63. The van der Waals surface area contributed by atoms with Crippen LogP contribution in [0.2, 0.25) is 5.02 Å². The molecule has 1 aromatic rings. The van der Waals surface area contributed by atoms with Gasteiger partial charge in [-0.15, -0.1) is 0 Å². The van der Waals surface area contributed by atoms with Crippen LogP contribution in [0.1, 0.15) is 12.5 Å². The second kappa shape index (κ2) is 3.70. The van der Waals surface area contributed by atoms with Crippen molar-refractivity contribution in [3.05, 3.63) is 26.3 Å². The van der Waals surface area contributed by atoms with Crippen molar-refractivity contribution in [3.8, 4) is 0 Å². The molecule has 1 amide bonds. The van der Waals surface area contributed by atoms with E-state index < -0.39 is 0 Å². The topological polar surface area (TPSA) is 20.3 Å². The first kappa shape index (κ1) is 10.2. The Morgan fingerprint density at radius 1 is 1.57 bits per heavy atom. The lowest BCUT2D eigenvalue weighted by atomic mass is 10.2. The van der Waals surface area contributed by atoms with E-state index in [0.717, 1.165) is 27.2 Å². The summed E-state index contributed by atoms with van der Waals surface area (Å²) in [6, 6.07) is 3.94. The first-order valence-corrected chi connectivity index (χ1v) is 5.81. The van der Waals surface area contributed by atoms with Crippen LogP contribution < -0.4 is 4.90 Å². The van der Waals surface area contributed by atoms with Crippen molar-refractivity contribution < 1.29 is 4.79 Å². The quantitative estimate of drug-likeness (QED) is 0.673. The minimum absolute atomic E-state index is 0.0843. The van der Waals surface area contributed by atoms with Crippen molar-refractivity contribution in [2.24, 2.45) is 0 Å². The fraction of sp³-hybridized carbons (Fsp3) is 0.300. The van der Waals surface area contributed by atoms with Gasteiger partial charge in [0.1, 0.15) is 0 Å². The first-order valence-electron chi connectivity index (χ1n) is 4.35. The molecule has 0 atom stereocenters. The van der Waals surface area contributed by atoms with Crippen LogP contribution in [0.4, 0.5) is 5.69 Å². The number of carbonyl (C=O) groups excluding carboxylic acids is 1. The molecule has 0 saturated carbocycles. The molecule has 14 heavy (non-hydrogen) atoms. The second-order valence-corrected chi connectivity index (χ2v) is 4.89. The van der Waals surface area contributed by atoms with E-state index in [0.29, 0.717) is 0 Å². The molecule has 0 fully saturated rings. The summed E-state index contributed by atoms with van der Waals surface area (Å²) in [4.78, 5) is 13.1. The number of hydrogen-bond acceptors (Lipinski definition) is 1. The van der Waals surface area contributed by atoms with Crippen LogP contribution in [0.15, 0.2) is 12.1 Å². The van der Waals surface area contributed by atoms with Crippen LogP contribution in [0, 0.1) is 3.57 Å². The van der Waals surface area contributed by atoms with Crippen molar-refractivity contribution in [1.82, 2.24) is 0 Å². The Balaban J connectivity index is 2.50. The Hall–Kier alpha value is -0.290. The van der Waals surface area contributed by atoms with Gasteiger partial charge in [0, 0.05) is 22.7 Å². The molecule has 1 aromatic carbocycles. The Morgan fingerprint density at radius 3 is 2.93 bits per heavy atom. The van der Waals surface area contributed by atoms with Gasteiger partial charge in [-0.1, -0.05) is 11.6 Å². The van der Waals surface area contributed by atoms with Crippen LogP contribution in [-0.4, -0.2) is 12.5 Å². The number of fused-ring (bicyclic) bond motifs is 1. The number of hydrogen-bond donors (Lipinski definition) is 0. The summed E-state index contributed by atoms with van der Waals surface area (Å²) < 4.78 is 1.05. The van der Waals surface area contributed by atoms with Gasteiger partial charge in [-0.3, -0.25) is 4.79 Å². The molecular formula is C10H9ClINO. The zero-order chi connectivity index (χ0) is 10.3. The van der Waals surface area contributed by atoms with Crippen LogP contribution in [-0.2, 0) is 11.2 Å². The third-order valence-electron chi connectivity index (χ3n) is 2.40. The average molecular weight is 322 g/mol. The lowest BCUT2D eigenvalue weighted by Gasteiger charge is -2.14. The Kier molecular flexibility index (Phi) is 2.70. The van der Waals surface area contributed by atoms with Crippen molar-refractivity contribution in [2.75, 3.05) is 11.4 Å². The summed E-state index contributed by atoms with van der Waals surface area (Å²) in [5, 5.41) is 0.720. The van der Waals surface area contributed by atoms with Gasteiger partial charge in [-0.05, 0) is 46.7 Å². The molecule has 0 saturated heterocycles. The molecule has 0 unspecified atom stereocenters. The number of amides is 1. The van der Waals surface area contributed by atoms with E-state index in [2.05, 4.69) is 28.7 Å². The van der Waals surface area contributed by atoms with Gasteiger partial charge in [0.15, 0.2) is 0 Å². The maximum absolute atomic E-state index is 11.3. The molecule has 2 rings (SSSR count). The number of anilines is 1. The molecule has 74 valence electrons. The minimum Gasteiger partial charge on any atom is -0.312 e. The molecule has 0 aromatic heterocycles.